The Bertz CT molecular complexity index is 836. The summed E-state index contributed by atoms with van der Waals surface area (Å²) in [6.45, 7) is 8.03. The fraction of sp³-hybridized carbons (Fsp3) is 0.458. The van der Waals surface area contributed by atoms with Crippen molar-refractivity contribution in [2.45, 2.75) is 51.5 Å². The van der Waals surface area contributed by atoms with E-state index in [2.05, 4.69) is 10.1 Å². The van der Waals surface area contributed by atoms with Gasteiger partial charge in [0, 0.05) is 31.1 Å². The van der Waals surface area contributed by atoms with Crippen molar-refractivity contribution in [1.29, 1.82) is 0 Å². The average molecular weight is 431 g/mol. The number of hydrogen-bond donors (Lipinski definition) is 1. The van der Waals surface area contributed by atoms with E-state index in [-0.39, 0.29) is 18.3 Å². The highest BCUT2D eigenvalue weighted by Crippen LogP contribution is 2.20. The van der Waals surface area contributed by atoms with Gasteiger partial charge in [0.05, 0.1) is 24.0 Å². The first-order chi connectivity index (χ1) is 14.3. The van der Waals surface area contributed by atoms with E-state index in [9.17, 15) is 5.11 Å². The highest BCUT2D eigenvalue weighted by Gasteiger charge is 2.26. The van der Waals surface area contributed by atoms with Crippen molar-refractivity contribution in [1.82, 2.24) is 4.90 Å². The number of aliphatic hydroxyl groups is 1. The molecular formula is C24H31ClN2O3. The van der Waals surface area contributed by atoms with E-state index in [0.717, 1.165) is 23.3 Å². The van der Waals surface area contributed by atoms with Crippen molar-refractivity contribution in [2.24, 2.45) is 5.16 Å². The monoisotopic (exact) mass is 430 g/mol. The van der Waals surface area contributed by atoms with E-state index < -0.39 is 6.10 Å². The summed E-state index contributed by atoms with van der Waals surface area (Å²) in [7, 11) is 0. The van der Waals surface area contributed by atoms with Crippen LogP contribution < -0.4 is 0 Å². The van der Waals surface area contributed by atoms with Crippen molar-refractivity contribution < 1.29 is 14.7 Å². The number of benzene rings is 2. The zero-order valence-electron chi connectivity index (χ0n) is 17.9. The number of ether oxygens (including phenoxy) is 1. The zero-order chi connectivity index (χ0) is 21.6. The minimum absolute atomic E-state index is 0.0601. The lowest BCUT2D eigenvalue weighted by atomic mass is 10.0. The fourth-order valence-electron chi connectivity index (χ4n) is 3.41. The van der Waals surface area contributed by atoms with Gasteiger partial charge in [0.25, 0.3) is 0 Å². The quantitative estimate of drug-likeness (QED) is 0.635. The van der Waals surface area contributed by atoms with Crippen molar-refractivity contribution in [3.05, 3.63) is 70.7 Å². The molecule has 162 valence electrons. The van der Waals surface area contributed by atoms with Gasteiger partial charge < -0.3 is 14.7 Å². The fourth-order valence-corrected chi connectivity index (χ4v) is 3.62. The lowest BCUT2D eigenvalue weighted by Crippen LogP contribution is -2.40. The van der Waals surface area contributed by atoms with Crippen LogP contribution in [0.15, 0.2) is 59.8 Å². The third-order valence-electron chi connectivity index (χ3n) is 4.77. The van der Waals surface area contributed by atoms with Crippen molar-refractivity contribution in [3.8, 4) is 0 Å². The van der Waals surface area contributed by atoms with Gasteiger partial charge in [-0.3, -0.25) is 4.90 Å². The lowest BCUT2D eigenvalue weighted by molar-refractivity contribution is -0.0600. The Kier molecular flexibility index (Phi) is 7.89. The summed E-state index contributed by atoms with van der Waals surface area (Å²) in [6.07, 6.45) is 0.0828. The van der Waals surface area contributed by atoms with Crippen molar-refractivity contribution in [2.75, 3.05) is 19.7 Å². The smallest absolute Gasteiger partial charge is 0.145 e. The van der Waals surface area contributed by atoms with Crippen LogP contribution in [-0.4, -0.2) is 53.2 Å². The third-order valence-corrected chi connectivity index (χ3v) is 5.01. The van der Waals surface area contributed by atoms with Crippen LogP contribution in [0.2, 0.25) is 5.02 Å². The predicted molar refractivity (Wildman–Crippen MR) is 121 cm³/mol. The van der Waals surface area contributed by atoms with Crippen LogP contribution in [0.25, 0.3) is 0 Å². The van der Waals surface area contributed by atoms with Crippen LogP contribution in [0.5, 0.6) is 0 Å². The number of halogens is 1. The van der Waals surface area contributed by atoms with Gasteiger partial charge >= 0.3 is 0 Å². The molecule has 30 heavy (non-hydrogen) atoms. The predicted octanol–water partition coefficient (Wildman–Crippen LogP) is 4.51. The van der Waals surface area contributed by atoms with E-state index in [1.807, 2.05) is 75.4 Å². The first-order valence-electron chi connectivity index (χ1n) is 10.4. The Morgan fingerprint density at radius 2 is 1.97 bits per heavy atom. The highest BCUT2D eigenvalue weighted by molar-refractivity contribution is 6.30. The third kappa shape index (κ3) is 7.40. The zero-order valence-corrected chi connectivity index (χ0v) is 18.7. The first-order valence-corrected chi connectivity index (χ1v) is 10.7. The molecule has 0 amide bonds. The molecule has 1 N–H and O–H groups in total. The van der Waals surface area contributed by atoms with Crippen LogP contribution in [0.3, 0.4) is 0 Å². The number of aliphatic hydroxyl groups excluding tert-OH is 1. The Labute approximate surface area is 184 Å². The molecule has 6 heteroatoms. The standard InChI is InChI=1S/C24H31ClN2O3/c1-24(2,3)29-17-21(28)15-27(14-18-8-7-11-20(25)12-18)16-22-13-23(26-30-22)19-9-5-4-6-10-19/h4-12,21-22,28H,13-17H2,1-3H3. The Balaban J connectivity index is 1.62. The Morgan fingerprint density at radius 1 is 1.20 bits per heavy atom. The second kappa shape index (κ2) is 10.4. The summed E-state index contributed by atoms with van der Waals surface area (Å²) in [6, 6.07) is 17.9. The Morgan fingerprint density at radius 3 is 2.67 bits per heavy atom. The second-order valence-electron chi connectivity index (χ2n) is 8.74. The molecular weight excluding hydrogens is 400 g/mol. The van der Waals surface area contributed by atoms with Crippen LogP contribution in [0, 0.1) is 0 Å². The minimum atomic E-state index is -0.598. The molecule has 0 aliphatic carbocycles. The molecule has 2 aromatic carbocycles. The molecule has 1 heterocycles. The summed E-state index contributed by atoms with van der Waals surface area (Å²) in [5.74, 6) is 0. The summed E-state index contributed by atoms with van der Waals surface area (Å²) >= 11 is 6.16. The van der Waals surface area contributed by atoms with Gasteiger partial charge in [-0.05, 0) is 44.0 Å². The molecule has 1 aliphatic heterocycles. The summed E-state index contributed by atoms with van der Waals surface area (Å²) in [4.78, 5) is 7.89. The topological polar surface area (TPSA) is 54.3 Å². The molecule has 0 spiro atoms. The highest BCUT2D eigenvalue weighted by atomic mass is 35.5. The van der Waals surface area contributed by atoms with Gasteiger partial charge in [0.15, 0.2) is 0 Å². The largest absolute Gasteiger partial charge is 0.390 e. The molecule has 0 saturated carbocycles. The summed E-state index contributed by atoms with van der Waals surface area (Å²) < 4.78 is 5.75. The molecule has 0 saturated heterocycles. The van der Waals surface area contributed by atoms with Gasteiger partial charge in [-0.25, -0.2) is 0 Å². The van der Waals surface area contributed by atoms with Crippen LogP contribution in [0.4, 0.5) is 0 Å². The molecule has 3 rings (SSSR count). The van der Waals surface area contributed by atoms with Crippen LogP contribution in [-0.2, 0) is 16.1 Å². The molecule has 5 nitrogen and oxygen atoms in total. The second-order valence-corrected chi connectivity index (χ2v) is 9.17. The van der Waals surface area contributed by atoms with Gasteiger partial charge in [-0.15, -0.1) is 0 Å². The van der Waals surface area contributed by atoms with Crippen molar-refractivity contribution >= 4 is 17.3 Å². The molecule has 2 unspecified atom stereocenters. The maximum absolute atomic E-state index is 10.6. The van der Waals surface area contributed by atoms with Gasteiger partial charge in [0.2, 0.25) is 0 Å². The molecule has 0 fully saturated rings. The summed E-state index contributed by atoms with van der Waals surface area (Å²) in [5.41, 5.74) is 2.85. The van der Waals surface area contributed by atoms with E-state index in [4.69, 9.17) is 21.2 Å². The number of hydrogen-bond acceptors (Lipinski definition) is 5. The number of oxime groups is 1. The minimum Gasteiger partial charge on any atom is -0.390 e. The normalized spacial score (nSPS) is 17.7. The van der Waals surface area contributed by atoms with E-state index in [0.29, 0.717) is 24.7 Å². The van der Waals surface area contributed by atoms with Gasteiger partial charge in [-0.2, -0.15) is 0 Å². The van der Waals surface area contributed by atoms with Crippen LogP contribution in [0.1, 0.15) is 38.3 Å². The van der Waals surface area contributed by atoms with Crippen LogP contribution >= 0.6 is 11.6 Å². The van der Waals surface area contributed by atoms with Gasteiger partial charge in [-0.1, -0.05) is 59.2 Å². The maximum atomic E-state index is 10.6. The SMILES string of the molecule is CC(C)(C)OCC(O)CN(Cc1cccc(Cl)c1)CC1CC(c2ccccc2)=NO1. The van der Waals surface area contributed by atoms with E-state index in [1.54, 1.807) is 0 Å². The Hall–Kier alpha value is -1.92. The number of rotatable bonds is 9. The molecule has 0 aromatic heterocycles. The molecule has 0 bridgehead atoms. The maximum Gasteiger partial charge on any atom is 0.145 e. The van der Waals surface area contributed by atoms with Crippen molar-refractivity contribution in [3.63, 3.8) is 0 Å². The molecule has 1 aliphatic rings. The molecule has 0 radical (unpaired) electrons. The van der Waals surface area contributed by atoms with Gasteiger partial charge in [0.1, 0.15) is 6.10 Å². The summed E-state index contributed by atoms with van der Waals surface area (Å²) in [5, 5.41) is 15.6. The molecule has 2 atom stereocenters. The number of nitrogens with zero attached hydrogens (tertiary/aromatic N) is 2. The lowest BCUT2D eigenvalue weighted by Gasteiger charge is -2.28. The first kappa shape index (κ1) is 22.8. The van der Waals surface area contributed by atoms with E-state index >= 15 is 0 Å². The van der Waals surface area contributed by atoms with E-state index in [1.165, 1.54) is 0 Å². The molecule has 2 aromatic rings. The average Bonchev–Trinajstić information content (AvgIpc) is 3.15.